The number of aliphatic carboxylic acids is 1. The van der Waals surface area contributed by atoms with Gasteiger partial charge in [0.1, 0.15) is 5.60 Å². The van der Waals surface area contributed by atoms with E-state index in [0.717, 1.165) is 24.0 Å². The summed E-state index contributed by atoms with van der Waals surface area (Å²) >= 11 is 0. The van der Waals surface area contributed by atoms with E-state index in [1.807, 2.05) is 39.0 Å². The van der Waals surface area contributed by atoms with Crippen molar-refractivity contribution in [3.8, 4) is 0 Å². The maximum Gasteiger partial charge on any atom is 0.309 e. The van der Waals surface area contributed by atoms with E-state index in [4.69, 9.17) is 0 Å². The number of benzene rings is 1. The van der Waals surface area contributed by atoms with Gasteiger partial charge in [-0.15, -0.1) is 0 Å². The van der Waals surface area contributed by atoms with Crippen LogP contribution in [0.15, 0.2) is 18.2 Å². The minimum absolute atomic E-state index is 0.492. The number of aliphatic hydroxyl groups is 1. The van der Waals surface area contributed by atoms with Crippen molar-refractivity contribution in [3.63, 3.8) is 0 Å². The normalized spacial score (nSPS) is 15.8. The average molecular weight is 264 g/mol. The molecule has 2 N–H and O–H groups in total. The van der Waals surface area contributed by atoms with E-state index < -0.39 is 17.5 Å². The Balaban J connectivity index is 3.13. The van der Waals surface area contributed by atoms with Crippen molar-refractivity contribution in [3.05, 3.63) is 34.9 Å². The van der Waals surface area contributed by atoms with Crippen molar-refractivity contribution < 1.29 is 15.0 Å². The first kappa shape index (κ1) is 15.7. The third-order valence-electron chi connectivity index (χ3n) is 3.63. The lowest BCUT2D eigenvalue weighted by Gasteiger charge is -2.31. The smallest absolute Gasteiger partial charge is 0.309 e. The van der Waals surface area contributed by atoms with E-state index in [1.165, 1.54) is 0 Å². The van der Waals surface area contributed by atoms with Crippen molar-refractivity contribution in [2.24, 2.45) is 5.92 Å². The van der Waals surface area contributed by atoms with Crippen molar-refractivity contribution in [2.75, 3.05) is 0 Å². The largest absolute Gasteiger partial charge is 0.481 e. The van der Waals surface area contributed by atoms with Gasteiger partial charge in [-0.3, -0.25) is 4.79 Å². The molecule has 1 aromatic carbocycles. The van der Waals surface area contributed by atoms with Gasteiger partial charge in [0.15, 0.2) is 0 Å². The van der Waals surface area contributed by atoms with E-state index in [2.05, 4.69) is 0 Å². The van der Waals surface area contributed by atoms with Crippen LogP contribution in [0.2, 0.25) is 0 Å². The highest BCUT2D eigenvalue weighted by atomic mass is 16.4. The number of rotatable bonds is 6. The second-order valence-electron chi connectivity index (χ2n) is 5.56. The quantitative estimate of drug-likeness (QED) is 0.828. The second kappa shape index (κ2) is 6.20. The highest BCUT2D eigenvalue weighted by Gasteiger charge is 2.38. The van der Waals surface area contributed by atoms with Crippen LogP contribution in [0.3, 0.4) is 0 Å². The lowest BCUT2D eigenvalue weighted by atomic mass is 9.79. The predicted molar refractivity (Wildman–Crippen MR) is 76.1 cm³/mol. The van der Waals surface area contributed by atoms with Crippen LogP contribution in [-0.4, -0.2) is 16.2 Å². The Labute approximate surface area is 115 Å². The van der Waals surface area contributed by atoms with Gasteiger partial charge in [0.05, 0.1) is 5.92 Å². The average Bonchev–Trinajstić information content (AvgIpc) is 2.27. The molecule has 3 heteroatoms. The van der Waals surface area contributed by atoms with Crippen LogP contribution < -0.4 is 0 Å². The van der Waals surface area contributed by atoms with Gasteiger partial charge in [-0.2, -0.15) is 0 Å². The van der Waals surface area contributed by atoms with E-state index >= 15 is 0 Å². The summed E-state index contributed by atoms with van der Waals surface area (Å²) in [5.74, 6) is -1.70. The fraction of sp³-hybridized carbons (Fsp3) is 0.562. The molecule has 0 heterocycles. The van der Waals surface area contributed by atoms with Gasteiger partial charge in [-0.25, -0.2) is 0 Å². The highest BCUT2D eigenvalue weighted by molar-refractivity contribution is 5.72. The second-order valence-corrected chi connectivity index (χ2v) is 5.56. The SMILES string of the molecule is CCCCC(C(=O)O)C(C)(O)c1cc(C)cc(C)c1. The van der Waals surface area contributed by atoms with Gasteiger partial charge in [0.2, 0.25) is 0 Å². The Kier molecular flexibility index (Phi) is 5.12. The molecule has 0 bridgehead atoms. The number of unbranched alkanes of at least 4 members (excludes halogenated alkanes) is 1. The summed E-state index contributed by atoms with van der Waals surface area (Å²) in [5, 5.41) is 20.1. The zero-order valence-corrected chi connectivity index (χ0v) is 12.2. The molecule has 0 radical (unpaired) electrons. The first-order chi connectivity index (χ1) is 8.78. The summed E-state index contributed by atoms with van der Waals surface area (Å²) in [7, 11) is 0. The Bertz CT molecular complexity index is 429. The monoisotopic (exact) mass is 264 g/mol. The van der Waals surface area contributed by atoms with Gasteiger partial charge < -0.3 is 10.2 Å². The van der Waals surface area contributed by atoms with Crippen LogP contribution >= 0.6 is 0 Å². The van der Waals surface area contributed by atoms with Gasteiger partial charge >= 0.3 is 5.97 Å². The van der Waals surface area contributed by atoms with Crippen molar-refractivity contribution in [2.45, 2.75) is 52.6 Å². The number of hydrogen-bond donors (Lipinski definition) is 2. The van der Waals surface area contributed by atoms with Gasteiger partial charge in [-0.1, -0.05) is 49.1 Å². The lowest BCUT2D eigenvalue weighted by Crippen LogP contribution is -2.37. The minimum atomic E-state index is -1.34. The predicted octanol–water partition coefficient (Wildman–Crippen LogP) is 3.40. The van der Waals surface area contributed by atoms with Crippen LogP contribution in [-0.2, 0) is 10.4 Å². The van der Waals surface area contributed by atoms with Crippen molar-refractivity contribution in [1.82, 2.24) is 0 Å². The number of carboxylic acid groups (broad SMARTS) is 1. The maximum absolute atomic E-state index is 11.4. The molecule has 2 atom stereocenters. The summed E-state index contributed by atoms with van der Waals surface area (Å²) in [4.78, 5) is 11.4. The Morgan fingerprint density at radius 1 is 1.26 bits per heavy atom. The van der Waals surface area contributed by atoms with E-state index in [1.54, 1.807) is 6.92 Å². The van der Waals surface area contributed by atoms with Gasteiger partial charge in [0.25, 0.3) is 0 Å². The number of hydrogen-bond acceptors (Lipinski definition) is 2. The molecule has 3 nitrogen and oxygen atoms in total. The molecule has 0 aliphatic carbocycles. The Hall–Kier alpha value is -1.35. The summed E-state index contributed by atoms with van der Waals surface area (Å²) in [6.07, 6.45) is 2.22. The molecule has 0 saturated carbocycles. The number of carboxylic acids is 1. The molecule has 2 unspecified atom stereocenters. The van der Waals surface area contributed by atoms with Crippen LogP contribution in [0.5, 0.6) is 0 Å². The molecule has 0 aromatic heterocycles. The van der Waals surface area contributed by atoms with E-state index in [0.29, 0.717) is 12.0 Å². The van der Waals surface area contributed by atoms with Crippen LogP contribution in [0, 0.1) is 19.8 Å². The molecule has 106 valence electrons. The van der Waals surface area contributed by atoms with E-state index in [-0.39, 0.29) is 0 Å². The summed E-state index contributed by atoms with van der Waals surface area (Å²) in [5.41, 5.74) is 1.43. The molecule has 0 saturated heterocycles. The molecule has 0 aliphatic rings. The van der Waals surface area contributed by atoms with E-state index in [9.17, 15) is 15.0 Å². The Morgan fingerprint density at radius 3 is 2.21 bits per heavy atom. The van der Waals surface area contributed by atoms with Gasteiger partial charge in [-0.05, 0) is 32.8 Å². The molecule has 1 rings (SSSR count). The molecular weight excluding hydrogens is 240 g/mol. The third-order valence-corrected chi connectivity index (χ3v) is 3.63. The summed E-state index contributed by atoms with van der Waals surface area (Å²) in [6.45, 7) is 7.53. The minimum Gasteiger partial charge on any atom is -0.481 e. The van der Waals surface area contributed by atoms with Crippen LogP contribution in [0.1, 0.15) is 49.8 Å². The first-order valence-electron chi connectivity index (χ1n) is 6.83. The molecule has 0 amide bonds. The summed E-state index contributed by atoms with van der Waals surface area (Å²) in [6, 6.07) is 5.76. The highest BCUT2D eigenvalue weighted by Crippen LogP contribution is 2.34. The van der Waals surface area contributed by atoms with Crippen LogP contribution in [0.4, 0.5) is 0 Å². The molecular formula is C16H24O3. The number of carbonyl (C=O) groups is 1. The number of aryl methyl sites for hydroxylation is 2. The van der Waals surface area contributed by atoms with Crippen molar-refractivity contribution in [1.29, 1.82) is 0 Å². The maximum atomic E-state index is 11.4. The Morgan fingerprint density at radius 2 is 1.79 bits per heavy atom. The topological polar surface area (TPSA) is 57.5 Å². The zero-order valence-electron chi connectivity index (χ0n) is 12.2. The zero-order chi connectivity index (χ0) is 14.6. The molecule has 0 aliphatic heterocycles. The van der Waals surface area contributed by atoms with Crippen molar-refractivity contribution >= 4 is 5.97 Å². The first-order valence-corrected chi connectivity index (χ1v) is 6.83. The fourth-order valence-corrected chi connectivity index (χ4v) is 2.52. The standard InChI is InChI=1S/C16H24O3/c1-5-6-7-14(15(17)18)16(4,19)13-9-11(2)8-12(3)10-13/h8-10,14,19H,5-7H2,1-4H3,(H,17,18). The van der Waals surface area contributed by atoms with Gasteiger partial charge in [0, 0.05) is 0 Å². The lowest BCUT2D eigenvalue weighted by molar-refractivity contribution is -0.152. The molecule has 1 aromatic rings. The summed E-state index contributed by atoms with van der Waals surface area (Å²) < 4.78 is 0. The third kappa shape index (κ3) is 3.80. The molecule has 0 fully saturated rings. The fourth-order valence-electron chi connectivity index (χ4n) is 2.52. The molecule has 0 spiro atoms. The van der Waals surface area contributed by atoms with Crippen LogP contribution in [0.25, 0.3) is 0 Å². The molecule has 19 heavy (non-hydrogen) atoms.